The van der Waals surface area contributed by atoms with Crippen LogP contribution < -0.4 is 0 Å². The first kappa shape index (κ1) is 9.27. The number of halogens is 1. The highest BCUT2D eigenvalue weighted by Gasteiger charge is 2.02. The second-order valence-corrected chi connectivity index (χ2v) is 3.68. The van der Waals surface area contributed by atoms with Crippen LogP contribution >= 0.6 is 15.9 Å². The van der Waals surface area contributed by atoms with Gasteiger partial charge < -0.3 is 0 Å². The molecule has 0 amide bonds. The Morgan fingerprint density at radius 2 is 2.00 bits per heavy atom. The molecule has 2 aromatic heterocycles. The predicted molar refractivity (Wildman–Crippen MR) is 57.7 cm³/mol. The summed E-state index contributed by atoms with van der Waals surface area (Å²) in [5, 5.41) is 0. The largest absolute Gasteiger partial charge is 0.238 e. The lowest BCUT2D eigenvalue weighted by molar-refractivity contribution is 1.08. The summed E-state index contributed by atoms with van der Waals surface area (Å²) >= 11 is 3.31. The molecular formula is C10H8BrN3. The maximum absolute atomic E-state index is 4.29. The normalized spacial score (nSPS) is 10.1. The zero-order valence-corrected chi connectivity index (χ0v) is 9.19. The molecule has 70 valence electrons. The van der Waals surface area contributed by atoms with Gasteiger partial charge in [-0.1, -0.05) is 6.07 Å². The van der Waals surface area contributed by atoms with Crippen LogP contribution in [0, 0.1) is 6.92 Å². The molecule has 2 rings (SSSR count). The fraction of sp³-hybridized carbons (Fsp3) is 0.100. The lowest BCUT2D eigenvalue weighted by Crippen LogP contribution is -1.92. The molecule has 0 radical (unpaired) electrons. The smallest absolute Gasteiger partial charge is 0.178 e. The van der Waals surface area contributed by atoms with Gasteiger partial charge in [0.05, 0.1) is 0 Å². The number of nitrogens with zero attached hydrogens (tertiary/aromatic N) is 3. The topological polar surface area (TPSA) is 38.7 Å². The molecule has 0 bridgehead atoms. The molecule has 0 saturated heterocycles. The van der Waals surface area contributed by atoms with E-state index in [1.807, 2.05) is 31.2 Å². The van der Waals surface area contributed by atoms with Gasteiger partial charge in [0.1, 0.15) is 10.3 Å². The zero-order chi connectivity index (χ0) is 9.97. The van der Waals surface area contributed by atoms with Crippen LogP contribution in [0.1, 0.15) is 5.69 Å². The molecule has 3 nitrogen and oxygen atoms in total. The summed E-state index contributed by atoms with van der Waals surface area (Å²) in [4.78, 5) is 12.7. The highest BCUT2D eigenvalue weighted by Crippen LogP contribution is 2.14. The summed E-state index contributed by atoms with van der Waals surface area (Å²) in [6, 6.07) is 7.54. The fourth-order valence-electron chi connectivity index (χ4n) is 1.11. The van der Waals surface area contributed by atoms with Gasteiger partial charge in [-0.2, -0.15) is 0 Å². The van der Waals surface area contributed by atoms with Crippen molar-refractivity contribution in [3.05, 3.63) is 40.8 Å². The highest BCUT2D eigenvalue weighted by atomic mass is 79.9. The third-order valence-corrected chi connectivity index (χ3v) is 2.18. The molecule has 4 heteroatoms. The minimum absolute atomic E-state index is 0.659. The van der Waals surface area contributed by atoms with Gasteiger partial charge in [-0.15, -0.1) is 0 Å². The van der Waals surface area contributed by atoms with Crippen molar-refractivity contribution in [1.29, 1.82) is 0 Å². The fourth-order valence-corrected chi connectivity index (χ4v) is 1.45. The number of aromatic nitrogens is 3. The van der Waals surface area contributed by atoms with Crippen molar-refractivity contribution >= 4 is 15.9 Å². The molecule has 0 aromatic carbocycles. The third-order valence-electron chi connectivity index (χ3n) is 1.74. The van der Waals surface area contributed by atoms with Gasteiger partial charge in [-0.3, -0.25) is 0 Å². The molecule has 2 aromatic rings. The van der Waals surface area contributed by atoms with Crippen LogP contribution in [-0.4, -0.2) is 15.0 Å². The Labute approximate surface area is 90.4 Å². The van der Waals surface area contributed by atoms with E-state index < -0.39 is 0 Å². The van der Waals surface area contributed by atoms with Gasteiger partial charge in [0.25, 0.3) is 0 Å². The Morgan fingerprint density at radius 1 is 1.14 bits per heavy atom. The van der Waals surface area contributed by atoms with E-state index in [4.69, 9.17) is 0 Å². The summed E-state index contributed by atoms with van der Waals surface area (Å²) in [7, 11) is 0. The number of hydrogen-bond acceptors (Lipinski definition) is 3. The first-order valence-corrected chi connectivity index (χ1v) is 4.97. The van der Waals surface area contributed by atoms with Gasteiger partial charge >= 0.3 is 0 Å². The first-order chi connectivity index (χ1) is 6.75. The molecule has 0 fully saturated rings. The zero-order valence-electron chi connectivity index (χ0n) is 7.61. The number of hydrogen-bond donors (Lipinski definition) is 0. The van der Waals surface area contributed by atoms with Crippen molar-refractivity contribution < 1.29 is 0 Å². The van der Waals surface area contributed by atoms with Crippen molar-refractivity contribution in [1.82, 2.24) is 15.0 Å². The van der Waals surface area contributed by atoms with Gasteiger partial charge in [0, 0.05) is 11.9 Å². The maximum Gasteiger partial charge on any atom is 0.178 e. The van der Waals surface area contributed by atoms with Crippen molar-refractivity contribution in [2.24, 2.45) is 0 Å². The van der Waals surface area contributed by atoms with E-state index in [1.165, 1.54) is 0 Å². The molecule has 0 saturated carbocycles. The molecule has 2 heterocycles. The molecule has 0 spiro atoms. The van der Waals surface area contributed by atoms with Gasteiger partial charge in [0.15, 0.2) is 5.82 Å². The molecule has 14 heavy (non-hydrogen) atoms. The standard InChI is InChI=1S/C10H8BrN3/c1-7-5-6-12-10(13-7)8-3-2-4-9(11)14-8/h2-6H,1H3. The molecule has 0 N–H and O–H groups in total. The Balaban J connectivity index is 2.49. The summed E-state index contributed by atoms with van der Waals surface area (Å²) in [6.07, 6.45) is 1.74. The predicted octanol–water partition coefficient (Wildman–Crippen LogP) is 2.61. The molecular weight excluding hydrogens is 242 g/mol. The van der Waals surface area contributed by atoms with Crippen LogP contribution in [0.4, 0.5) is 0 Å². The summed E-state index contributed by atoms with van der Waals surface area (Å²) in [6.45, 7) is 1.93. The third kappa shape index (κ3) is 1.96. The summed E-state index contributed by atoms with van der Waals surface area (Å²) < 4.78 is 0.792. The average molecular weight is 250 g/mol. The number of pyridine rings is 1. The molecule has 0 aliphatic rings. The SMILES string of the molecule is Cc1ccnc(-c2cccc(Br)n2)n1. The second kappa shape index (κ2) is 3.84. The summed E-state index contributed by atoms with van der Waals surface area (Å²) in [5.74, 6) is 0.659. The van der Waals surface area contributed by atoms with Crippen molar-refractivity contribution in [2.45, 2.75) is 6.92 Å². The van der Waals surface area contributed by atoms with Crippen LogP contribution in [0.15, 0.2) is 35.1 Å². The lowest BCUT2D eigenvalue weighted by atomic mass is 10.3. The van der Waals surface area contributed by atoms with E-state index in [1.54, 1.807) is 6.20 Å². The Hall–Kier alpha value is -1.29. The molecule has 0 unspecified atom stereocenters. The minimum atomic E-state index is 0.659. The lowest BCUT2D eigenvalue weighted by Gasteiger charge is -1.99. The maximum atomic E-state index is 4.29. The molecule has 0 atom stereocenters. The number of rotatable bonds is 1. The van der Waals surface area contributed by atoms with Crippen LogP contribution in [0.25, 0.3) is 11.5 Å². The molecule has 0 aliphatic heterocycles. The van der Waals surface area contributed by atoms with E-state index in [0.29, 0.717) is 5.82 Å². The van der Waals surface area contributed by atoms with Gasteiger partial charge in [-0.05, 0) is 41.1 Å². The van der Waals surface area contributed by atoms with Crippen LogP contribution in [0.2, 0.25) is 0 Å². The van der Waals surface area contributed by atoms with Gasteiger partial charge in [-0.25, -0.2) is 15.0 Å². The van der Waals surface area contributed by atoms with E-state index in [-0.39, 0.29) is 0 Å². The molecule has 0 aliphatic carbocycles. The number of aryl methyl sites for hydroxylation is 1. The monoisotopic (exact) mass is 249 g/mol. The first-order valence-electron chi connectivity index (χ1n) is 4.18. The van der Waals surface area contributed by atoms with Crippen LogP contribution in [0.5, 0.6) is 0 Å². The highest BCUT2D eigenvalue weighted by molar-refractivity contribution is 9.10. The Bertz CT molecular complexity index is 413. The van der Waals surface area contributed by atoms with E-state index in [0.717, 1.165) is 16.0 Å². The average Bonchev–Trinajstić information content (AvgIpc) is 2.18. The van der Waals surface area contributed by atoms with E-state index in [2.05, 4.69) is 30.9 Å². The van der Waals surface area contributed by atoms with Crippen LogP contribution in [0.3, 0.4) is 0 Å². The second-order valence-electron chi connectivity index (χ2n) is 2.87. The van der Waals surface area contributed by atoms with Gasteiger partial charge in [0.2, 0.25) is 0 Å². The van der Waals surface area contributed by atoms with Crippen molar-refractivity contribution in [3.8, 4) is 11.5 Å². The quantitative estimate of drug-likeness (QED) is 0.730. The Morgan fingerprint density at radius 3 is 2.71 bits per heavy atom. The summed E-state index contributed by atoms with van der Waals surface area (Å²) in [5.41, 5.74) is 1.72. The Kier molecular flexibility index (Phi) is 2.54. The van der Waals surface area contributed by atoms with Crippen molar-refractivity contribution in [3.63, 3.8) is 0 Å². The van der Waals surface area contributed by atoms with E-state index >= 15 is 0 Å². The van der Waals surface area contributed by atoms with Crippen molar-refractivity contribution in [2.75, 3.05) is 0 Å². The van der Waals surface area contributed by atoms with Crippen LogP contribution in [-0.2, 0) is 0 Å². The minimum Gasteiger partial charge on any atom is -0.238 e. The van der Waals surface area contributed by atoms with E-state index in [9.17, 15) is 0 Å².